The highest BCUT2D eigenvalue weighted by Crippen LogP contribution is 2.06. The number of carbonyl (C=O) groups is 1. The highest BCUT2D eigenvalue weighted by molar-refractivity contribution is 5.69. The predicted molar refractivity (Wildman–Crippen MR) is 250 cm³/mol. The molecule has 0 saturated heterocycles. The second-order valence-corrected chi connectivity index (χ2v) is 13.6. The summed E-state index contributed by atoms with van der Waals surface area (Å²) in [7, 11) is 0. The Bertz CT molecular complexity index is 1280. The predicted octanol–water partition coefficient (Wildman–Crippen LogP) is 15.0. The Hall–Kier alpha value is -3.99. The van der Waals surface area contributed by atoms with E-state index in [0.717, 1.165) is 122 Å². The van der Waals surface area contributed by atoms with Gasteiger partial charge in [-0.3, -0.25) is 4.79 Å². The molecule has 0 fully saturated rings. The molecule has 4 heteroatoms. The zero-order valence-electron chi connectivity index (χ0n) is 36.0. The summed E-state index contributed by atoms with van der Waals surface area (Å²) in [6.45, 7) is 4.94. The number of aliphatic hydroxyl groups excluding tert-OH is 1. The van der Waals surface area contributed by atoms with Crippen LogP contribution < -0.4 is 0 Å². The molecule has 4 nitrogen and oxygen atoms in total. The van der Waals surface area contributed by atoms with Gasteiger partial charge in [-0.15, -0.1) is 0 Å². The lowest BCUT2D eigenvalue weighted by molar-refractivity contribution is -0.154. The third-order valence-corrected chi connectivity index (χ3v) is 8.35. The van der Waals surface area contributed by atoms with Crippen molar-refractivity contribution in [3.05, 3.63) is 158 Å². The number of rotatable bonds is 38. The number of hydrogen-bond acceptors (Lipinski definition) is 4. The smallest absolute Gasteiger partial charge is 0.306 e. The molecule has 0 aliphatic heterocycles. The van der Waals surface area contributed by atoms with E-state index in [1.165, 1.54) is 0 Å². The Morgan fingerprint density at radius 3 is 1.07 bits per heavy atom. The van der Waals surface area contributed by atoms with Crippen LogP contribution in [0.2, 0.25) is 0 Å². The summed E-state index contributed by atoms with van der Waals surface area (Å²) in [4.78, 5) is 12.2. The molecule has 0 aliphatic rings. The van der Waals surface area contributed by atoms with Crippen LogP contribution in [0.3, 0.4) is 0 Å². The summed E-state index contributed by atoms with van der Waals surface area (Å²) in [6, 6.07) is 0. The summed E-state index contributed by atoms with van der Waals surface area (Å²) in [5, 5.41) is 9.61. The number of aliphatic hydroxyl groups is 1. The molecule has 1 unspecified atom stereocenters. The van der Waals surface area contributed by atoms with Gasteiger partial charge in [0.1, 0.15) is 6.10 Å². The quantitative estimate of drug-likeness (QED) is 0.0385. The molecule has 0 radical (unpaired) electrons. The second kappa shape index (κ2) is 48.2. The number of esters is 1. The fourth-order valence-electron chi connectivity index (χ4n) is 5.14. The van der Waals surface area contributed by atoms with E-state index < -0.39 is 6.10 Å². The van der Waals surface area contributed by atoms with E-state index in [1.54, 1.807) is 0 Å². The van der Waals surface area contributed by atoms with E-state index in [1.807, 2.05) is 0 Å². The van der Waals surface area contributed by atoms with Crippen LogP contribution in [0.15, 0.2) is 158 Å². The van der Waals surface area contributed by atoms with Gasteiger partial charge >= 0.3 is 5.97 Å². The Balaban J connectivity index is 3.71. The van der Waals surface area contributed by atoms with Gasteiger partial charge in [-0.2, -0.15) is 0 Å². The fraction of sp³-hybridized carbons (Fsp3) is 0.491. The summed E-state index contributed by atoms with van der Waals surface area (Å²) in [5.74, 6) is -0.278. The number of carbonyl (C=O) groups excluding carboxylic acids is 1. The minimum atomic E-state index is -0.597. The van der Waals surface area contributed by atoms with E-state index in [-0.39, 0.29) is 19.2 Å². The molecular weight excluding hydrogens is 701 g/mol. The van der Waals surface area contributed by atoms with Crippen molar-refractivity contribution in [3.63, 3.8) is 0 Å². The lowest BCUT2D eigenvalue weighted by Gasteiger charge is -2.15. The van der Waals surface area contributed by atoms with E-state index in [9.17, 15) is 9.90 Å². The lowest BCUT2D eigenvalue weighted by atomic mass is 10.2. The Kier molecular flexibility index (Phi) is 44.8. The minimum absolute atomic E-state index is 0.222. The highest BCUT2D eigenvalue weighted by Gasteiger charge is 2.13. The Morgan fingerprint density at radius 1 is 0.421 bits per heavy atom. The average molecular weight is 781 g/mol. The van der Waals surface area contributed by atoms with Crippen molar-refractivity contribution in [2.75, 3.05) is 19.8 Å². The summed E-state index contributed by atoms with van der Waals surface area (Å²) in [5.41, 5.74) is 0. The molecule has 0 bridgehead atoms. The fourth-order valence-corrected chi connectivity index (χ4v) is 5.14. The number of unbranched alkanes of at least 4 members (excludes halogenated alkanes) is 4. The first kappa shape index (κ1) is 53.0. The molecule has 0 aromatic rings. The topological polar surface area (TPSA) is 55.8 Å². The van der Waals surface area contributed by atoms with Crippen LogP contribution in [0.5, 0.6) is 0 Å². The lowest BCUT2D eigenvalue weighted by Crippen LogP contribution is -2.27. The van der Waals surface area contributed by atoms with Crippen LogP contribution >= 0.6 is 0 Å². The van der Waals surface area contributed by atoms with Crippen molar-refractivity contribution in [1.82, 2.24) is 0 Å². The first-order valence-electron chi connectivity index (χ1n) is 22.1. The van der Waals surface area contributed by atoms with Crippen molar-refractivity contribution < 1.29 is 19.4 Å². The number of hydrogen-bond donors (Lipinski definition) is 1. The van der Waals surface area contributed by atoms with Crippen molar-refractivity contribution in [3.8, 4) is 0 Å². The van der Waals surface area contributed by atoms with E-state index in [0.29, 0.717) is 13.0 Å². The van der Waals surface area contributed by atoms with Gasteiger partial charge in [0.05, 0.1) is 13.2 Å². The Labute approximate surface area is 350 Å². The first-order valence-corrected chi connectivity index (χ1v) is 22.1. The first-order chi connectivity index (χ1) is 28.2. The molecular formula is C53H80O4. The maximum absolute atomic E-state index is 12.2. The van der Waals surface area contributed by atoms with E-state index in [2.05, 4.69) is 172 Å². The summed E-state index contributed by atoms with van der Waals surface area (Å²) in [6.07, 6.45) is 75.9. The van der Waals surface area contributed by atoms with Gasteiger partial charge in [-0.1, -0.05) is 178 Å². The monoisotopic (exact) mass is 781 g/mol. The zero-order chi connectivity index (χ0) is 41.2. The largest absolute Gasteiger partial charge is 0.457 e. The normalized spacial score (nSPS) is 13.9. The molecule has 0 aromatic heterocycles. The molecule has 0 heterocycles. The Morgan fingerprint density at radius 2 is 0.737 bits per heavy atom. The molecule has 0 amide bonds. The van der Waals surface area contributed by atoms with Crippen LogP contribution in [0.1, 0.15) is 142 Å². The molecule has 0 aliphatic carbocycles. The molecule has 0 rings (SSSR count). The van der Waals surface area contributed by atoms with Gasteiger partial charge in [0, 0.05) is 13.0 Å². The van der Waals surface area contributed by atoms with Gasteiger partial charge in [0.15, 0.2) is 0 Å². The standard InChI is InChI=1S/C53H80O4/c1-3-5-7-9-11-13-15-17-19-21-23-25-27-28-30-32-34-36-38-40-42-44-46-48-53(55)57-52(50-54)51-56-49-47-45-43-41-39-37-35-33-31-29-26-24-22-20-18-16-14-12-10-8-6-4-2/h5-8,11-14,17-20,23-26,28,30-31,33-34,36-37,39-40,42,52,54H,3-4,9-10,15-16,21-22,27,29,32,35,38,41,43-51H2,1-2H3/b7-5-,8-6-,13-11-,14-12-,19-17-,20-18-,25-23-,26-24-,30-28-,33-31-,36-34-,39-37-,42-40-. The number of allylic oxidation sites excluding steroid dienone is 26. The molecule has 0 aromatic carbocycles. The number of ether oxygens (including phenoxy) is 2. The van der Waals surface area contributed by atoms with Crippen molar-refractivity contribution in [1.29, 1.82) is 0 Å². The molecule has 0 spiro atoms. The maximum atomic E-state index is 12.2. The molecule has 0 saturated carbocycles. The van der Waals surface area contributed by atoms with Crippen molar-refractivity contribution in [2.45, 2.75) is 148 Å². The third kappa shape index (κ3) is 46.3. The van der Waals surface area contributed by atoms with Crippen LogP contribution in [-0.4, -0.2) is 37.0 Å². The van der Waals surface area contributed by atoms with Crippen LogP contribution in [0, 0.1) is 0 Å². The molecule has 1 N–H and O–H groups in total. The maximum Gasteiger partial charge on any atom is 0.306 e. The minimum Gasteiger partial charge on any atom is -0.457 e. The molecule has 1 atom stereocenters. The van der Waals surface area contributed by atoms with Crippen LogP contribution in [0.25, 0.3) is 0 Å². The third-order valence-electron chi connectivity index (χ3n) is 8.35. The van der Waals surface area contributed by atoms with E-state index in [4.69, 9.17) is 9.47 Å². The molecule has 57 heavy (non-hydrogen) atoms. The van der Waals surface area contributed by atoms with Crippen molar-refractivity contribution >= 4 is 5.97 Å². The van der Waals surface area contributed by atoms with Gasteiger partial charge < -0.3 is 14.6 Å². The summed E-state index contributed by atoms with van der Waals surface area (Å²) >= 11 is 0. The summed E-state index contributed by atoms with van der Waals surface area (Å²) < 4.78 is 11.1. The van der Waals surface area contributed by atoms with Gasteiger partial charge in [0.2, 0.25) is 0 Å². The van der Waals surface area contributed by atoms with Crippen molar-refractivity contribution in [2.24, 2.45) is 0 Å². The van der Waals surface area contributed by atoms with Gasteiger partial charge in [-0.05, 0) is 116 Å². The average Bonchev–Trinajstić information content (AvgIpc) is 3.22. The van der Waals surface area contributed by atoms with Crippen LogP contribution in [-0.2, 0) is 14.3 Å². The van der Waals surface area contributed by atoms with E-state index >= 15 is 0 Å². The molecule has 316 valence electrons. The van der Waals surface area contributed by atoms with Crippen LogP contribution in [0.4, 0.5) is 0 Å². The highest BCUT2D eigenvalue weighted by atomic mass is 16.6. The second-order valence-electron chi connectivity index (χ2n) is 13.6. The SMILES string of the molecule is CC/C=C\C/C=C\C/C=C\C/C=C\C/C=C\C/C=C\C/C=C\CCCC(=O)OC(CO)COCCCCC/C=C\C/C=C\C/C=C\C/C=C\C/C=C\C/C=C\CC. The zero-order valence-corrected chi connectivity index (χ0v) is 36.0. The van der Waals surface area contributed by atoms with Gasteiger partial charge in [-0.25, -0.2) is 0 Å². The van der Waals surface area contributed by atoms with Gasteiger partial charge in [0.25, 0.3) is 0 Å².